The zero-order valence-electron chi connectivity index (χ0n) is 13.5. The molecule has 0 aliphatic carbocycles. The Morgan fingerprint density at radius 3 is 2.67 bits per heavy atom. The van der Waals surface area contributed by atoms with E-state index in [1.54, 1.807) is 6.07 Å². The molecule has 1 unspecified atom stereocenters. The number of hydrogen-bond donors (Lipinski definition) is 1. The third-order valence-electron chi connectivity index (χ3n) is 4.14. The van der Waals surface area contributed by atoms with Crippen molar-refractivity contribution >= 4 is 11.7 Å². The van der Waals surface area contributed by atoms with Crippen LogP contribution in [0.2, 0.25) is 0 Å². The minimum absolute atomic E-state index is 0.00343. The summed E-state index contributed by atoms with van der Waals surface area (Å²) in [7, 11) is 0. The second-order valence-electron chi connectivity index (χ2n) is 6.83. The summed E-state index contributed by atoms with van der Waals surface area (Å²) in [6.45, 7) is 11.3. The molecule has 21 heavy (non-hydrogen) atoms. The van der Waals surface area contributed by atoms with E-state index < -0.39 is 0 Å². The highest BCUT2D eigenvalue weighted by molar-refractivity contribution is 5.92. The monoisotopic (exact) mass is 290 g/mol. The predicted octanol–water partition coefficient (Wildman–Crippen LogP) is 2.81. The minimum Gasteiger partial charge on any atom is -0.369 e. The lowest BCUT2D eigenvalue weighted by atomic mass is 9.80. The number of carbonyl (C=O) groups is 1. The molecule has 1 aliphatic heterocycles. The van der Waals surface area contributed by atoms with Crippen LogP contribution in [0.25, 0.3) is 0 Å². The van der Waals surface area contributed by atoms with Crippen molar-refractivity contribution in [2.45, 2.75) is 40.5 Å². The van der Waals surface area contributed by atoms with Crippen molar-refractivity contribution in [3.05, 3.63) is 17.8 Å². The van der Waals surface area contributed by atoms with E-state index in [4.69, 9.17) is 0 Å². The number of aromatic nitrogens is 2. The molecule has 1 atom stereocenters. The van der Waals surface area contributed by atoms with Crippen LogP contribution in [-0.4, -0.2) is 40.6 Å². The molecule has 1 aromatic heterocycles. The molecule has 0 radical (unpaired) electrons. The van der Waals surface area contributed by atoms with Gasteiger partial charge in [-0.1, -0.05) is 27.7 Å². The van der Waals surface area contributed by atoms with E-state index >= 15 is 0 Å². The quantitative estimate of drug-likeness (QED) is 0.926. The van der Waals surface area contributed by atoms with Crippen molar-refractivity contribution in [3.8, 4) is 0 Å². The summed E-state index contributed by atoms with van der Waals surface area (Å²) in [5.74, 6) is 1.28. The first-order chi connectivity index (χ1) is 9.91. The highest BCUT2D eigenvalue weighted by Crippen LogP contribution is 2.33. The third kappa shape index (κ3) is 3.93. The summed E-state index contributed by atoms with van der Waals surface area (Å²) < 4.78 is 0. The van der Waals surface area contributed by atoms with Gasteiger partial charge in [-0.15, -0.1) is 10.2 Å². The van der Waals surface area contributed by atoms with E-state index in [1.165, 1.54) is 0 Å². The number of anilines is 1. The first kappa shape index (κ1) is 15.7. The van der Waals surface area contributed by atoms with Crippen molar-refractivity contribution in [1.29, 1.82) is 0 Å². The molecule has 1 saturated heterocycles. The lowest BCUT2D eigenvalue weighted by Gasteiger charge is -2.26. The van der Waals surface area contributed by atoms with E-state index in [0.717, 1.165) is 38.3 Å². The van der Waals surface area contributed by atoms with Crippen LogP contribution < -0.4 is 5.32 Å². The van der Waals surface area contributed by atoms with Gasteiger partial charge in [0.15, 0.2) is 5.69 Å². The van der Waals surface area contributed by atoms with Crippen molar-refractivity contribution in [3.63, 3.8) is 0 Å². The molecule has 0 spiro atoms. The second kappa shape index (κ2) is 6.41. The Morgan fingerprint density at radius 1 is 1.38 bits per heavy atom. The van der Waals surface area contributed by atoms with Gasteiger partial charge in [0.2, 0.25) is 0 Å². The number of amides is 1. The zero-order valence-corrected chi connectivity index (χ0v) is 13.5. The Kier molecular flexibility index (Phi) is 4.80. The Hall–Kier alpha value is -1.65. The van der Waals surface area contributed by atoms with Gasteiger partial charge in [-0.05, 0) is 36.3 Å². The SMILES string of the molecule is CCCNc1ccc(C(=O)N2CCC(C(C)(C)C)C2)nn1. The normalized spacial score (nSPS) is 18.9. The smallest absolute Gasteiger partial charge is 0.274 e. The topological polar surface area (TPSA) is 58.1 Å². The van der Waals surface area contributed by atoms with Crippen LogP contribution in [0.4, 0.5) is 5.82 Å². The fourth-order valence-corrected chi connectivity index (χ4v) is 2.61. The standard InChI is InChI=1S/C16H26N4O/c1-5-9-17-14-7-6-13(18-19-14)15(21)20-10-8-12(11-20)16(2,3)4/h6-7,12H,5,8-11H2,1-4H3,(H,17,19). The van der Waals surface area contributed by atoms with Gasteiger partial charge >= 0.3 is 0 Å². The minimum atomic E-state index is -0.00343. The maximum atomic E-state index is 12.4. The molecular weight excluding hydrogens is 264 g/mol. The average Bonchev–Trinajstić information content (AvgIpc) is 2.95. The molecule has 116 valence electrons. The Morgan fingerprint density at radius 2 is 2.14 bits per heavy atom. The average molecular weight is 290 g/mol. The first-order valence-electron chi connectivity index (χ1n) is 7.78. The van der Waals surface area contributed by atoms with Crippen molar-refractivity contribution in [2.24, 2.45) is 11.3 Å². The van der Waals surface area contributed by atoms with Gasteiger partial charge < -0.3 is 10.2 Å². The molecule has 0 aromatic carbocycles. The largest absolute Gasteiger partial charge is 0.369 e. The molecule has 1 aromatic rings. The lowest BCUT2D eigenvalue weighted by Crippen LogP contribution is -2.31. The van der Waals surface area contributed by atoms with E-state index in [-0.39, 0.29) is 11.3 Å². The van der Waals surface area contributed by atoms with Crippen LogP contribution in [0.3, 0.4) is 0 Å². The van der Waals surface area contributed by atoms with Crippen LogP contribution in [0.5, 0.6) is 0 Å². The number of rotatable bonds is 4. The van der Waals surface area contributed by atoms with Gasteiger partial charge in [0, 0.05) is 19.6 Å². The predicted molar refractivity (Wildman–Crippen MR) is 84.3 cm³/mol. The van der Waals surface area contributed by atoms with Gasteiger partial charge in [-0.25, -0.2) is 0 Å². The van der Waals surface area contributed by atoms with Gasteiger partial charge in [0.25, 0.3) is 5.91 Å². The number of carbonyl (C=O) groups excluding carboxylic acids is 1. The summed E-state index contributed by atoms with van der Waals surface area (Å²) in [6.07, 6.45) is 2.10. The molecule has 1 N–H and O–H groups in total. The fraction of sp³-hybridized carbons (Fsp3) is 0.688. The van der Waals surface area contributed by atoms with Crippen molar-refractivity contribution < 1.29 is 4.79 Å². The summed E-state index contributed by atoms with van der Waals surface area (Å²) in [6, 6.07) is 3.59. The van der Waals surface area contributed by atoms with Gasteiger partial charge in [-0.3, -0.25) is 4.79 Å². The summed E-state index contributed by atoms with van der Waals surface area (Å²) in [4.78, 5) is 14.3. The zero-order chi connectivity index (χ0) is 15.5. The van der Waals surface area contributed by atoms with Gasteiger partial charge in [0.1, 0.15) is 5.82 Å². The van der Waals surface area contributed by atoms with Crippen LogP contribution in [0.1, 0.15) is 51.0 Å². The first-order valence-corrected chi connectivity index (χ1v) is 7.78. The Bertz CT molecular complexity index is 478. The second-order valence-corrected chi connectivity index (χ2v) is 6.83. The molecule has 5 nitrogen and oxygen atoms in total. The molecule has 5 heteroatoms. The fourth-order valence-electron chi connectivity index (χ4n) is 2.61. The Balaban J connectivity index is 1.98. The van der Waals surface area contributed by atoms with Crippen LogP contribution in [0.15, 0.2) is 12.1 Å². The maximum absolute atomic E-state index is 12.4. The van der Waals surface area contributed by atoms with Crippen LogP contribution >= 0.6 is 0 Å². The highest BCUT2D eigenvalue weighted by atomic mass is 16.2. The molecule has 1 amide bonds. The van der Waals surface area contributed by atoms with Crippen molar-refractivity contribution in [2.75, 3.05) is 25.0 Å². The van der Waals surface area contributed by atoms with Gasteiger partial charge in [0.05, 0.1) is 0 Å². The van der Waals surface area contributed by atoms with E-state index in [1.807, 2.05) is 11.0 Å². The number of nitrogens with zero attached hydrogens (tertiary/aromatic N) is 3. The van der Waals surface area contributed by atoms with E-state index in [9.17, 15) is 4.79 Å². The maximum Gasteiger partial charge on any atom is 0.274 e. The number of likely N-dealkylation sites (tertiary alicyclic amines) is 1. The van der Waals surface area contributed by atoms with E-state index in [0.29, 0.717) is 11.6 Å². The summed E-state index contributed by atoms with van der Waals surface area (Å²) >= 11 is 0. The number of nitrogens with one attached hydrogen (secondary N) is 1. The summed E-state index contributed by atoms with van der Waals surface area (Å²) in [5.41, 5.74) is 0.681. The molecule has 2 rings (SSSR count). The lowest BCUT2D eigenvalue weighted by molar-refractivity contribution is 0.0769. The third-order valence-corrected chi connectivity index (χ3v) is 4.14. The summed E-state index contributed by atoms with van der Waals surface area (Å²) in [5, 5.41) is 11.3. The highest BCUT2D eigenvalue weighted by Gasteiger charge is 2.34. The van der Waals surface area contributed by atoms with Crippen LogP contribution in [-0.2, 0) is 0 Å². The van der Waals surface area contributed by atoms with Crippen LogP contribution in [0, 0.1) is 11.3 Å². The van der Waals surface area contributed by atoms with E-state index in [2.05, 4.69) is 43.2 Å². The molecule has 0 bridgehead atoms. The molecule has 2 heterocycles. The van der Waals surface area contributed by atoms with Crippen molar-refractivity contribution in [1.82, 2.24) is 15.1 Å². The molecule has 0 saturated carbocycles. The Labute approximate surface area is 127 Å². The molecule has 1 fully saturated rings. The molecule has 1 aliphatic rings. The number of hydrogen-bond acceptors (Lipinski definition) is 4. The molecular formula is C16H26N4O. The van der Waals surface area contributed by atoms with Gasteiger partial charge in [-0.2, -0.15) is 0 Å².